The molecule has 2 aromatic rings. The fraction of sp³-hybridized carbons (Fsp3) is 0.333. The lowest BCUT2D eigenvalue weighted by molar-refractivity contribution is -0.138. The number of hydrogen-bond acceptors (Lipinski definition) is 3. The Hall–Kier alpha value is -2.82. The van der Waals surface area contributed by atoms with Crippen LogP contribution >= 0.6 is 0 Å². The van der Waals surface area contributed by atoms with Crippen molar-refractivity contribution in [3.8, 4) is 5.75 Å². The normalized spacial score (nSPS) is 16.7. The molecule has 0 aliphatic carbocycles. The van der Waals surface area contributed by atoms with Gasteiger partial charge in [0.05, 0.1) is 0 Å². The van der Waals surface area contributed by atoms with Crippen LogP contribution in [0.5, 0.6) is 5.75 Å². The van der Waals surface area contributed by atoms with Crippen molar-refractivity contribution in [3.05, 3.63) is 59.7 Å². The first-order chi connectivity index (χ1) is 12.4. The molecule has 2 aromatic carbocycles. The molecule has 3 rings (SSSR count). The summed E-state index contributed by atoms with van der Waals surface area (Å²) < 4.78 is 5.84. The second-order valence-electron chi connectivity index (χ2n) is 6.91. The molecule has 26 heavy (non-hydrogen) atoms. The van der Waals surface area contributed by atoms with Crippen molar-refractivity contribution < 1.29 is 14.3 Å². The average Bonchev–Trinajstić information content (AvgIpc) is 2.73. The van der Waals surface area contributed by atoms with E-state index in [0.717, 1.165) is 11.1 Å². The van der Waals surface area contributed by atoms with Gasteiger partial charge in [-0.05, 0) is 30.7 Å². The summed E-state index contributed by atoms with van der Waals surface area (Å²) in [5, 5.41) is 2.90. The Morgan fingerprint density at radius 1 is 1.23 bits per heavy atom. The molecule has 0 unspecified atom stereocenters. The van der Waals surface area contributed by atoms with E-state index < -0.39 is 6.10 Å². The molecule has 5 heteroatoms. The molecule has 0 saturated carbocycles. The SMILES string of the molecule is CC(C)C(=O)Nc1ccc2c(c1)CN(Cc1ccccc1)C(=O)[C@@H](C)O2. The summed E-state index contributed by atoms with van der Waals surface area (Å²) in [7, 11) is 0. The van der Waals surface area contributed by atoms with Gasteiger partial charge in [-0.3, -0.25) is 9.59 Å². The zero-order valence-corrected chi connectivity index (χ0v) is 15.4. The number of carbonyl (C=O) groups is 2. The van der Waals surface area contributed by atoms with Gasteiger partial charge in [-0.15, -0.1) is 0 Å². The van der Waals surface area contributed by atoms with Gasteiger partial charge in [0.2, 0.25) is 5.91 Å². The summed E-state index contributed by atoms with van der Waals surface area (Å²) in [5.41, 5.74) is 2.67. The Morgan fingerprint density at radius 2 is 1.96 bits per heavy atom. The fourth-order valence-corrected chi connectivity index (χ4v) is 2.90. The van der Waals surface area contributed by atoms with E-state index in [1.807, 2.05) is 62.4 Å². The van der Waals surface area contributed by atoms with Crippen molar-refractivity contribution >= 4 is 17.5 Å². The third-order valence-corrected chi connectivity index (χ3v) is 4.39. The second-order valence-corrected chi connectivity index (χ2v) is 6.91. The lowest BCUT2D eigenvalue weighted by atomic mass is 10.1. The number of hydrogen-bond donors (Lipinski definition) is 1. The second kappa shape index (κ2) is 7.60. The summed E-state index contributed by atoms with van der Waals surface area (Å²) in [6, 6.07) is 15.4. The van der Waals surface area contributed by atoms with Gasteiger partial charge < -0.3 is 15.0 Å². The molecule has 1 heterocycles. The van der Waals surface area contributed by atoms with E-state index in [-0.39, 0.29) is 17.7 Å². The molecule has 0 radical (unpaired) electrons. The lowest BCUT2D eigenvalue weighted by Crippen LogP contribution is -2.37. The van der Waals surface area contributed by atoms with E-state index >= 15 is 0 Å². The third-order valence-electron chi connectivity index (χ3n) is 4.39. The Bertz CT molecular complexity index is 802. The van der Waals surface area contributed by atoms with Crippen LogP contribution < -0.4 is 10.1 Å². The van der Waals surface area contributed by atoms with E-state index in [0.29, 0.717) is 24.5 Å². The highest BCUT2D eigenvalue weighted by Crippen LogP contribution is 2.29. The molecule has 136 valence electrons. The maximum absolute atomic E-state index is 12.7. The molecule has 0 bridgehead atoms. The number of nitrogens with one attached hydrogen (secondary N) is 1. The number of benzene rings is 2. The minimum atomic E-state index is -0.545. The maximum Gasteiger partial charge on any atom is 0.263 e. The van der Waals surface area contributed by atoms with E-state index in [4.69, 9.17) is 4.74 Å². The van der Waals surface area contributed by atoms with Crippen molar-refractivity contribution in [2.24, 2.45) is 5.92 Å². The van der Waals surface area contributed by atoms with E-state index in [1.165, 1.54) is 0 Å². The molecule has 1 N–H and O–H groups in total. The standard InChI is InChI=1S/C21H24N2O3/c1-14(2)20(24)22-18-9-10-19-17(11-18)13-23(21(25)15(3)26-19)12-16-7-5-4-6-8-16/h4-11,14-15H,12-13H2,1-3H3,(H,22,24)/t15-/m1/s1. The number of nitrogens with zero attached hydrogens (tertiary/aromatic N) is 1. The highest BCUT2D eigenvalue weighted by Gasteiger charge is 2.28. The van der Waals surface area contributed by atoms with Crippen molar-refractivity contribution in [2.75, 3.05) is 5.32 Å². The fourth-order valence-electron chi connectivity index (χ4n) is 2.90. The molecular weight excluding hydrogens is 328 g/mol. The number of rotatable bonds is 4. The molecule has 0 saturated heterocycles. The monoisotopic (exact) mass is 352 g/mol. The van der Waals surface area contributed by atoms with Gasteiger partial charge in [-0.25, -0.2) is 0 Å². The first-order valence-electron chi connectivity index (χ1n) is 8.87. The molecule has 0 fully saturated rings. The van der Waals surface area contributed by atoms with Gasteiger partial charge in [0.15, 0.2) is 6.10 Å². The van der Waals surface area contributed by atoms with Gasteiger partial charge in [-0.1, -0.05) is 44.2 Å². The molecule has 1 aliphatic heterocycles. The highest BCUT2D eigenvalue weighted by molar-refractivity contribution is 5.92. The van der Waals surface area contributed by atoms with Gasteiger partial charge in [0.1, 0.15) is 5.75 Å². The number of carbonyl (C=O) groups excluding carboxylic acids is 2. The van der Waals surface area contributed by atoms with E-state index in [9.17, 15) is 9.59 Å². The number of anilines is 1. The summed E-state index contributed by atoms with van der Waals surface area (Å²) in [4.78, 5) is 26.4. The summed E-state index contributed by atoms with van der Waals surface area (Å²) in [5.74, 6) is 0.507. The molecule has 5 nitrogen and oxygen atoms in total. The van der Waals surface area contributed by atoms with Gasteiger partial charge >= 0.3 is 0 Å². The van der Waals surface area contributed by atoms with Crippen LogP contribution in [-0.4, -0.2) is 22.8 Å². The largest absolute Gasteiger partial charge is 0.481 e. The molecular formula is C21H24N2O3. The van der Waals surface area contributed by atoms with Crippen molar-refractivity contribution in [3.63, 3.8) is 0 Å². The summed E-state index contributed by atoms with van der Waals surface area (Å²) in [6.07, 6.45) is -0.545. The molecule has 0 spiro atoms. The minimum absolute atomic E-state index is 0.0370. The number of amides is 2. The smallest absolute Gasteiger partial charge is 0.263 e. The van der Waals surface area contributed by atoms with Crippen LogP contribution in [0.4, 0.5) is 5.69 Å². The number of ether oxygens (including phenoxy) is 1. The topological polar surface area (TPSA) is 58.6 Å². The van der Waals surface area contributed by atoms with Crippen LogP contribution in [0.1, 0.15) is 31.9 Å². The van der Waals surface area contributed by atoms with Crippen molar-refractivity contribution in [1.82, 2.24) is 4.90 Å². The summed E-state index contributed by atoms with van der Waals surface area (Å²) >= 11 is 0. The Labute approximate surface area is 154 Å². The van der Waals surface area contributed by atoms with Gasteiger partial charge in [0.25, 0.3) is 5.91 Å². The molecule has 0 aromatic heterocycles. The first-order valence-corrected chi connectivity index (χ1v) is 8.87. The van der Waals surface area contributed by atoms with Crippen molar-refractivity contribution in [2.45, 2.75) is 40.0 Å². The van der Waals surface area contributed by atoms with Gasteiger partial charge in [0, 0.05) is 30.3 Å². The predicted octanol–water partition coefficient (Wildman–Crippen LogP) is 3.59. The van der Waals surface area contributed by atoms with Crippen LogP contribution in [0.3, 0.4) is 0 Å². The van der Waals surface area contributed by atoms with E-state index in [2.05, 4.69) is 5.32 Å². The first kappa shape index (κ1) is 18.0. The van der Waals surface area contributed by atoms with Crippen LogP contribution in [0.2, 0.25) is 0 Å². The van der Waals surface area contributed by atoms with Crippen LogP contribution in [0, 0.1) is 5.92 Å². The maximum atomic E-state index is 12.7. The Kier molecular flexibility index (Phi) is 5.26. The molecule has 2 amide bonds. The predicted molar refractivity (Wildman–Crippen MR) is 101 cm³/mol. The molecule has 1 atom stereocenters. The zero-order chi connectivity index (χ0) is 18.7. The van der Waals surface area contributed by atoms with Crippen LogP contribution in [0.25, 0.3) is 0 Å². The zero-order valence-electron chi connectivity index (χ0n) is 15.4. The molecule has 1 aliphatic rings. The summed E-state index contributed by atoms with van der Waals surface area (Å²) in [6.45, 7) is 6.44. The highest BCUT2D eigenvalue weighted by atomic mass is 16.5. The number of fused-ring (bicyclic) bond motifs is 1. The van der Waals surface area contributed by atoms with Crippen LogP contribution in [0.15, 0.2) is 48.5 Å². The lowest BCUT2D eigenvalue weighted by Gasteiger charge is -2.22. The average molecular weight is 352 g/mol. The van der Waals surface area contributed by atoms with Crippen molar-refractivity contribution in [1.29, 1.82) is 0 Å². The Balaban J connectivity index is 1.85. The minimum Gasteiger partial charge on any atom is -0.481 e. The Morgan fingerprint density at radius 3 is 2.65 bits per heavy atom. The van der Waals surface area contributed by atoms with Gasteiger partial charge in [-0.2, -0.15) is 0 Å². The van der Waals surface area contributed by atoms with Crippen LogP contribution in [-0.2, 0) is 22.7 Å². The van der Waals surface area contributed by atoms with E-state index in [1.54, 1.807) is 11.8 Å². The third kappa shape index (κ3) is 4.04. The quantitative estimate of drug-likeness (QED) is 0.915.